The van der Waals surface area contributed by atoms with Crippen molar-refractivity contribution in [2.75, 3.05) is 7.11 Å². The monoisotopic (exact) mass is 374 g/mol. The molecule has 0 bridgehead atoms. The van der Waals surface area contributed by atoms with Crippen molar-refractivity contribution in [1.29, 1.82) is 0 Å². The molecule has 0 spiro atoms. The van der Waals surface area contributed by atoms with Crippen molar-refractivity contribution in [2.24, 2.45) is 0 Å². The molecule has 1 saturated heterocycles. The van der Waals surface area contributed by atoms with Crippen LogP contribution in [0.4, 0.5) is 13.6 Å². The highest BCUT2D eigenvalue weighted by Gasteiger charge is 2.50. The number of carbonyl (C=O) groups excluding carboxylic acids is 3. The fourth-order valence-electron chi connectivity index (χ4n) is 2.95. The van der Waals surface area contributed by atoms with E-state index < -0.39 is 35.1 Å². The minimum atomic E-state index is -1.71. The van der Waals surface area contributed by atoms with E-state index in [1.54, 1.807) is 12.1 Å². The predicted octanol–water partition coefficient (Wildman–Crippen LogP) is 2.72. The third-order valence-corrected chi connectivity index (χ3v) is 4.46. The van der Waals surface area contributed by atoms with E-state index in [4.69, 9.17) is 0 Å². The number of rotatable bonds is 4. The normalized spacial score (nSPS) is 19.2. The van der Waals surface area contributed by atoms with Crippen LogP contribution in [0, 0.1) is 11.6 Å². The number of benzene rings is 2. The van der Waals surface area contributed by atoms with E-state index in [1.807, 2.05) is 0 Å². The summed E-state index contributed by atoms with van der Waals surface area (Å²) in [5.41, 5.74) is -1.06. The molecule has 8 heteroatoms. The van der Waals surface area contributed by atoms with E-state index >= 15 is 0 Å². The maximum absolute atomic E-state index is 14.1. The first-order chi connectivity index (χ1) is 12.8. The first-order valence-electron chi connectivity index (χ1n) is 8.03. The average molecular weight is 374 g/mol. The summed E-state index contributed by atoms with van der Waals surface area (Å²) < 4.78 is 32.3. The van der Waals surface area contributed by atoms with Gasteiger partial charge in [0.05, 0.1) is 19.2 Å². The SMILES string of the molecule is COC(=O)c1ccc(CN2C(=O)N[C@@](C)(c3cc(F)ccc3F)C2=O)cc1. The summed E-state index contributed by atoms with van der Waals surface area (Å²) in [6.45, 7) is 1.24. The number of methoxy groups -OCH3 is 1. The van der Waals surface area contributed by atoms with Crippen LogP contribution in [-0.2, 0) is 21.6 Å². The van der Waals surface area contributed by atoms with Crippen LogP contribution < -0.4 is 5.32 Å². The van der Waals surface area contributed by atoms with Crippen LogP contribution in [0.25, 0.3) is 0 Å². The second-order valence-electron chi connectivity index (χ2n) is 6.26. The fourth-order valence-corrected chi connectivity index (χ4v) is 2.95. The molecule has 0 saturated carbocycles. The number of urea groups is 1. The van der Waals surface area contributed by atoms with Crippen LogP contribution in [0.15, 0.2) is 42.5 Å². The number of carbonyl (C=O) groups is 3. The third-order valence-electron chi connectivity index (χ3n) is 4.46. The number of esters is 1. The quantitative estimate of drug-likeness (QED) is 0.660. The van der Waals surface area contributed by atoms with Gasteiger partial charge in [0.15, 0.2) is 0 Å². The van der Waals surface area contributed by atoms with Crippen LogP contribution in [0.2, 0.25) is 0 Å². The van der Waals surface area contributed by atoms with E-state index in [-0.39, 0.29) is 12.1 Å². The van der Waals surface area contributed by atoms with Crippen molar-refractivity contribution < 1.29 is 27.9 Å². The van der Waals surface area contributed by atoms with Gasteiger partial charge in [-0.05, 0) is 42.8 Å². The minimum absolute atomic E-state index is 0.0847. The molecule has 1 fully saturated rings. The van der Waals surface area contributed by atoms with Gasteiger partial charge in [0.25, 0.3) is 5.91 Å². The summed E-state index contributed by atoms with van der Waals surface area (Å²) >= 11 is 0. The van der Waals surface area contributed by atoms with Crippen molar-refractivity contribution in [3.8, 4) is 0 Å². The molecule has 140 valence electrons. The standard InChI is InChI=1S/C19H16F2N2O4/c1-19(14-9-13(20)7-8-15(14)21)17(25)23(18(26)22-19)10-11-3-5-12(6-4-11)16(24)27-2/h3-9H,10H2,1-2H3,(H,22,26)/t19-/m0/s1. The van der Waals surface area contributed by atoms with Gasteiger partial charge in [-0.15, -0.1) is 0 Å². The Balaban J connectivity index is 1.86. The second-order valence-corrected chi connectivity index (χ2v) is 6.26. The van der Waals surface area contributed by atoms with Crippen molar-refractivity contribution in [1.82, 2.24) is 10.2 Å². The third kappa shape index (κ3) is 3.25. The van der Waals surface area contributed by atoms with Crippen molar-refractivity contribution in [3.05, 3.63) is 70.8 Å². The lowest BCUT2D eigenvalue weighted by Gasteiger charge is -2.23. The van der Waals surface area contributed by atoms with E-state index in [9.17, 15) is 23.2 Å². The lowest BCUT2D eigenvalue weighted by molar-refractivity contribution is -0.131. The molecular weight excluding hydrogens is 358 g/mol. The fraction of sp³-hybridized carbons (Fsp3) is 0.211. The molecule has 2 aromatic rings. The van der Waals surface area contributed by atoms with E-state index in [0.29, 0.717) is 11.1 Å². The molecule has 0 aliphatic carbocycles. The Hall–Kier alpha value is -3.29. The van der Waals surface area contributed by atoms with Crippen LogP contribution in [0.5, 0.6) is 0 Å². The summed E-state index contributed by atoms with van der Waals surface area (Å²) in [6, 6.07) is 8.17. The number of ether oxygens (including phenoxy) is 1. The number of hydrogen-bond acceptors (Lipinski definition) is 4. The van der Waals surface area contributed by atoms with Crippen LogP contribution >= 0.6 is 0 Å². The molecule has 2 aromatic carbocycles. The highest BCUT2D eigenvalue weighted by molar-refractivity contribution is 6.07. The molecular formula is C19H16F2N2O4. The highest BCUT2D eigenvalue weighted by atomic mass is 19.1. The van der Waals surface area contributed by atoms with Crippen molar-refractivity contribution >= 4 is 17.9 Å². The molecule has 3 amide bonds. The molecule has 0 aromatic heterocycles. The Morgan fingerprint density at radius 2 is 1.81 bits per heavy atom. The Labute approximate surface area is 153 Å². The van der Waals surface area contributed by atoms with Crippen LogP contribution in [0.1, 0.15) is 28.4 Å². The predicted molar refractivity (Wildman–Crippen MR) is 90.6 cm³/mol. The topological polar surface area (TPSA) is 75.7 Å². The molecule has 27 heavy (non-hydrogen) atoms. The van der Waals surface area contributed by atoms with E-state index in [1.165, 1.54) is 26.2 Å². The van der Waals surface area contributed by atoms with Crippen molar-refractivity contribution in [3.63, 3.8) is 0 Å². The first kappa shape index (κ1) is 18.5. The van der Waals surface area contributed by atoms with E-state index in [2.05, 4.69) is 10.1 Å². The molecule has 1 N–H and O–H groups in total. The van der Waals surface area contributed by atoms with E-state index in [0.717, 1.165) is 23.1 Å². The summed E-state index contributed by atoms with van der Waals surface area (Å²) in [5.74, 6) is -2.72. The number of amides is 3. The number of nitrogens with one attached hydrogen (secondary N) is 1. The van der Waals surface area contributed by atoms with Gasteiger partial charge in [0.2, 0.25) is 0 Å². The Bertz CT molecular complexity index is 930. The molecule has 1 atom stereocenters. The molecule has 1 aliphatic heterocycles. The second kappa shape index (κ2) is 6.79. The minimum Gasteiger partial charge on any atom is -0.465 e. The molecule has 1 aliphatic rings. The van der Waals surface area contributed by atoms with Crippen LogP contribution in [0.3, 0.4) is 0 Å². The van der Waals surface area contributed by atoms with Gasteiger partial charge >= 0.3 is 12.0 Å². The maximum atomic E-state index is 14.1. The summed E-state index contributed by atoms with van der Waals surface area (Å²) in [7, 11) is 1.26. The molecule has 0 unspecified atom stereocenters. The molecule has 0 radical (unpaired) electrons. The average Bonchev–Trinajstić information content (AvgIpc) is 2.87. The van der Waals surface area contributed by atoms with Gasteiger partial charge in [-0.1, -0.05) is 12.1 Å². The first-order valence-corrected chi connectivity index (χ1v) is 8.03. The number of nitrogens with zero attached hydrogens (tertiary/aromatic N) is 1. The van der Waals surface area contributed by atoms with Gasteiger partial charge in [-0.2, -0.15) is 0 Å². The number of halogens is 2. The molecule has 6 nitrogen and oxygen atoms in total. The zero-order valence-corrected chi connectivity index (χ0v) is 14.6. The summed E-state index contributed by atoms with van der Waals surface area (Å²) in [6.07, 6.45) is 0. The highest BCUT2D eigenvalue weighted by Crippen LogP contribution is 2.32. The van der Waals surface area contributed by atoms with Gasteiger partial charge in [0, 0.05) is 5.56 Å². The number of imide groups is 1. The number of hydrogen-bond donors (Lipinski definition) is 1. The largest absolute Gasteiger partial charge is 0.465 e. The lowest BCUT2D eigenvalue weighted by atomic mass is 9.91. The molecule has 1 heterocycles. The Morgan fingerprint density at radius 3 is 2.44 bits per heavy atom. The summed E-state index contributed by atoms with van der Waals surface area (Å²) in [4.78, 5) is 37.5. The zero-order valence-electron chi connectivity index (χ0n) is 14.6. The Kier molecular flexibility index (Phi) is 4.65. The van der Waals surface area contributed by atoms with Crippen molar-refractivity contribution in [2.45, 2.75) is 19.0 Å². The Morgan fingerprint density at radius 1 is 1.15 bits per heavy atom. The van der Waals surface area contributed by atoms with Gasteiger partial charge in [0.1, 0.15) is 17.2 Å². The summed E-state index contributed by atoms with van der Waals surface area (Å²) in [5, 5.41) is 2.43. The maximum Gasteiger partial charge on any atom is 0.337 e. The van der Waals surface area contributed by atoms with Gasteiger partial charge in [-0.3, -0.25) is 9.69 Å². The van der Waals surface area contributed by atoms with Crippen LogP contribution in [-0.4, -0.2) is 29.9 Å². The van der Waals surface area contributed by atoms with Gasteiger partial charge < -0.3 is 10.1 Å². The smallest absolute Gasteiger partial charge is 0.337 e. The zero-order chi connectivity index (χ0) is 19.8. The van der Waals surface area contributed by atoms with Gasteiger partial charge in [-0.25, -0.2) is 18.4 Å². The molecule has 3 rings (SSSR count). The lowest BCUT2D eigenvalue weighted by Crippen LogP contribution is -2.41.